The van der Waals surface area contributed by atoms with Crippen molar-refractivity contribution >= 4 is 34.0 Å². The Morgan fingerprint density at radius 3 is 2.84 bits per heavy atom. The van der Waals surface area contributed by atoms with E-state index in [4.69, 9.17) is 16.7 Å². The van der Waals surface area contributed by atoms with E-state index in [9.17, 15) is 4.79 Å². The minimum absolute atomic E-state index is 0.376. The van der Waals surface area contributed by atoms with Crippen LogP contribution in [0.3, 0.4) is 0 Å². The second-order valence-corrected chi connectivity index (χ2v) is 5.46. The number of aromatic nitrogens is 1. The molecular weight excluding hydrogens is 262 g/mol. The third-order valence-corrected chi connectivity index (χ3v) is 3.79. The van der Waals surface area contributed by atoms with Gasteiger partial charge in [0, 0.05) is 40.8 Å². The van der Waals surface area contributed by atoms with Crippen molar-refractivity contribution in [3.63, 3.8) is 0 Å². The van der Waals surface area contributed by atoms with Crippen LogP contribution in [0.25, 0.3) is 16.5 Å². The van der Waals surface area contributed by atoms with E-state index in [1.165, 1.54) is 6.08 Å². The Balaban J connectivity index is 2.23. The minimum atomic E-state index is -0.888. The average molecular weight is 276 g/mol. The Labute approximate surface area is 116 Å². The molecule has 1 aliphatic rings. The Morgan fingerprint density at radius 2 is 2.21 bits per heavy atom. The number of fused-ring (bicyclic) bond motifs is 1. The molecule has 0 bridgehead atoms. The Morgan fingerprint density at radius 1 is 1.47 bits per heavy atom. The number of hydrogen-bond acceptors (Lipinski definition) is 1. The zero-order chi connectivity index (χ0) is 13.6. The molecule has 1 aromatic carbocycles. The molecule has 0 atom stereocenters. The quantitative estimate of drug-likeness (QED) is 0.868. The number of rotatable bonds is 3. The molecule has 3 rings (SSSR count). The van der Waals surface area contributed by atoms with Crippen LogP contribution in [0, 0.1) is 5.92 Å². The van der Waals surface area contributed by atoms with Gasteiger partial charge >= 0.3 is 5.97 Å². The van der Waals surface area contributed by atoms with Crippen molar-refractivity contribution in [2.24, 2.45) is 13.0 Å². The molecule has 0 saturated heterocycles. The molecule has 3 nitrogen and oxygen atoms in total. The fourth-order valence-electron chi connectivity index (χ4n) is 2.54. The third kappa shape index (κ3) is 2.26. The highest BCUT2D eigenvalue weighted by molar-refractivity contribution is 6.31. The zero-order valence-electron chi connectivity index (χ0n) is 10.6. The van der Waals surface area contributed by atoms with E-state index in [0.717, 1.165) is 34.9 Å². The average Bonchev–Trinajstić information content (AvgIpc) is 3.12. The largest absolute Gasteiger partial charge is 0.478 e. The van der Waals surface area contributed by atoms with Crippen LogP contribution in [0.15, 0.2) is 30.5 Å². The molecule has 1 saturated carbocycles. The molecule has 0 amide bonds. The smallest absolute Gasteiger partial charge is 0.328 e. The Kier molecular flexibility index (Phi) is 2.86. The van der Waals surface area contributed by atoms with Crippen LogP contribution in [0.5, 0.6) is 0 Å². The Bertz CT molecular complexity index is 695. The summed E-state index contributed by atoms with van der Waals surface area (Å²) in [5.74, 6) is -0.512. The topological polar surface area (TPSA) is 42.2 Å². The summed E-state index contributed by atoms with van der Waals surface area (Å²) in [4.78, 5) is 11.0. The van der Waals surface area contributed by atoms with Crippen molar-refractivity contribution in [2.75, 3.05) is 0 Å². The second-order valence-electron chi connectivity index (χ2n) is 5.03. The minimum Gasteiger partial charge on any atom is -0.478 e. The van der Waals surface area contributed by atoms with Crippen molar-refractivity contribution in [1.29, 1.82) is 0 Å². The molecule has 1 fully saturated rings. The number of carbonyl (C=O) groups is 1. The van der Waals surface area contributed by atoms with E-state index in [1.807, 2.05) is 36.0 Å². The first kappa shape index (κ1) is 12.3. The normalized spacial score (nSPS) is 16.0. The summed E-state index contributed by atoms with van der Waals surface area (Å²) in [6.45, 7) is 0. The van der Waals surface area contributed by atoms with E-state index in [1.54, 1.807) is 0 Å². The number of nitrogens with zero attached hydrogens (tertiary/aromatic N) is 1. The maximum absolute atomic E-state index is 11.0. The van der Waals surface area contributed by atoms with Gasteiger partial charge in [0.05, 0.1) is 0 Å². The van der Waals surface area contributed by atoms with Crippen LogP contribution in [0.2, 0.25) is 5.02 Å². The van der Waals surface area contributed by atoms with Gasteiger partial charge in [-0.05, 0) is 42.5 Å². The van der Waals surface area contributed by atoms with Gasteiger partial charge in [0.1, 0.15) is 0 Å². The number of aliphatic carboxylic acids is 1. The first-order valence-corrected chi connectivity index (χ1v) is 6.63. The fraction of sp³-hybridized carbons (Fsp3) is 0.267. The molecule has 19 heavy (non-hydrogen) atoms. The van der Waals surface area contributed by atoms with Crippen molar-refractivity contribution in [2.45, 2.75) is 12.8 Å². The summed E-state index contributed by atoms with van der Waals surface area (Å²) < 4.78 is 2.01. The lowest BCUT2D eigenvalue weighted by Gasteiger charge is -2.03. The van der Waals surface area contributed by atoms with E-state index in [-0.39, 0.29) is 0 Å². The fourth-order valence-corrected chi connectivity index (χ4v) is 2.71. The Hall–Kier alpha value is -1.74. The molecule has 2 aromatic rings. The highest BCUT2D eigenvalue weighted by Gasteiger charge is 2.29. The SMILES string of the molecule is Cn1cc(/C(=C/C(=O)O)C2CC2)c2cc(Cl)ccc21. The number of hydrogen-bond donors (Lipinski definition) is 1. The number of benzene rings is 1. The van der Waals surface area contributed by atoms with Crippen LogP contribution in [-0.4, -0.2) is 15.6 Å². The molecule has 0 radical (unpaired) electrons. The number of carboxylic acids is 1. The van der Waals surface area contributed by atoms with Gasteiger partial charge in [-0.2, -0.15) is 0 Å². The predicted molar refractivity (Wildman–Crippen MR) is 76.3 cm³/mol. The van der Waals surface area contributed by atoms with Crippen LogP contribution >= 0.6 is 11.6 Å². The van der Waals surface area contributed by atoms with Gasteiger partial charge in [-0.25, -0.2) is 4.79 Å². The standard InChI is InChI=1S/C15H14ClNO2/c1-17-8-13(11(7-15(18)19)9-2-3-9)12-6-10(16)4-5-14(12)17/h4-9H,2-3H2,1H3,(H,18,19)/b11-7+. The number of halogens is 1. The van der Waals surface area contributed by atoms with Gasteiger partial charge in [0.25, 0.3) is 0 Å². The summed E-state index contributed by atoms with van der Waals surface area (Å²) in [7, 11) is 1.96. The molecule has 1 aromatic heterocycles. The van der Waals surface area contributed by atoms with Crippen LogP contribution in [0.1, 0.15) is 18.4 Å². The van der Waals surface area contributed by atoms with Crippen molar-refractivity contribution in [3.8, 4) is 0 Å². The first-order chi connectivity index (χ1) is 9.06. The molecule has 98 valence electrons. The summed E-state index contributed by atoms with van der Waals surface area (Å²) in [5, 5.41) is 10.7. The molecule has 0 aliphatic heterocycles. The highest BCUT2D eigenvalue weighted by atomic mass is 35.5. The molecule has 1 N–H and O–H groups in total. The monoisotopic (exact) mass is 275 g/mol. The summed E-state index contributed by atoms with van der Waals surface area (Å²) in [6, 6.07) is 5.72. The third-order valence-electron chi connectivity index (χ3n) is 3.56. The zero-order valence-corrected chi connectivity index (χ0v) is 11.3. The lowest BCUT2D eigenvalue weighted by atomic mass is 10.0. The lowest BCUT2D eigenvalue weighted by Crippen LogP contribution is -1.94. The van der Waals surface area contributed by atoms with Gasteiger partial charge < -0.3 is 9.67 Å². The van der Waals surface area contributed by atoms with E-state index in [0.29, 0.717) is 10.9 Å². The van der Waals surface area contributed by atoms with Gasteiger partial charge in [0.15, 0.2) is 0 Å². The number of allylic oxidation sites excluding steroid dienone is 1. The molecule has 0 spiro atoms. The molecule has 0 unspecified atom stereocenters. The molecular formula is C15H14ClNO2. The second kappa shape index (κ2) is 4.42. The van der Waals surface area contributed by atoms with Crippen molar-refractivity contribution < 1.29 is 9.90 Å². The first-order valence-electron chi connectivity index (χ1n) is 6.25. The summed E-state index contributed by atoms with van der Waals surface area (Å²) in [6.07, 6.45) is 5.47. The van der Waals surface area contributed by atoms with Gasteiger partial charge in [-0.1, -0.05) is 11.6 Å². The maximum atomic E-state index is 11.0. The molecule has 1 aliphatic carbocycles. The van der Waals surface area contributed by atoms with Crippen LogP contribution in [-0.2, 0) is 11.8 Å². The van der Waals surface area contributed by atoms with E-state index < -0.39 is 5.97 Å². The number of aryl methyl sites for hydroxylation is 1. The predicted octanol–water partition coefficient (Wildman–Crippen LogP) is 3.71. The van der Waals surface area contributed by atoms with Gasteiger partial charge in [-0.15, -0.1) is 0 Å². The van der Waals surface area contributed by atoms with Crippen LogP contribution in [0.4, 0.5) is 0 Å². The summed E-state index contributed by atoms with van der Waals surface area (Å²) in [5.41, 5.74) is 2.97. The molecule has 4 heteroatoms. The summed E-state index contributed by atoms with van der Waals surface area (Å²) >= 11 is 6.06. The van der Waals surface area contributed by atoms with Gasteiger partial charge in [0.2, 0.25) is 0 Å². The van der Waals surface area contributed by atoms with Crippen molar-refractivity contribution in [3.05, 3.63) is 41.1 Å². The number of carboxylic acid groups (broad SMARTS) is 1. The van der Waals surface area contributed by atoms with E-state index >= 15 is 0 Å². The van der Waals surface area contributed by atoms with Crippen molar-refractivity contribution in [1.82, 2.24) is 4.57 Å². The lowest BCUT2D eigenvalue weighted by molar-refractivity contribution is -0.131. The molecule has 1 heterocycles. The van der Waals surface area contributed by atoms with Gasteiger partial charge in [-0.3, -0.25) is 0 Å². The highest BCUT2D eigenvalue weighted by Crippen LogP contribution is 2.44. The van der Waals surface area contributed by atoms with E-state index in [2.05, 4.69) is 0 Å². The van der Waals surface area contributed by atoms with Crippen LogP contribution < -0.4 is 0 Å². The maximum Gasteiger partial charge on any atom is 0.328 e.